The molecule has 0 atom stereocenters. The monoisotopic (exact) mass is 373 g/mol. The van der Waals surface area contributed by atoms with Crippen LogP contribution in [0.3, 0.4) is 0 Å². The van der Waals surface area contributed by atoms with E-state index in [2.05, 4.69) is 55.3 Å². The molecule has 0 aromatic heterocycles. The smallest absolute Gasteiger partial charge is 0.234 e. The molecule has 0 bridgehead atoms. The minimum atomic E-state index is 0.0588. The Morgan fingerprint density at radius 2 is 1.63 bits per heavy atom. The molecule has 1 aliphatic rings. The number of aryl methyl sites for hydroxylation is 1. The lowest BCUT2D eigenvalue weighted by Crippen LogP contribution is -2.51. The van der Waals surface area contributed by atoms with E-state index in [9.17, 15) is 9.59 Å². The molecule has 150 valence electrons. The first-order valence-corrected chi connectivity index (χ1v) is 10.0. The van der Waals surface area contributed by atoms with Crippen molar-refractivity contribution in [1.82, 2.24) is 15.1 Å². The molecule has 5 heteroatoms. The summed E-state index contributed by atoms with van der Waals surface area (Å²) < 4.78 is 0. The second-order valence-electron chi connectivity index (χ2n) is 8.83. The highest BCUT2D eigenvalue weighted by atomic mass is 16.2. The average molecular weight is 374 g/mol. The molecule has 2 amide bonds. The lowest BCUT2D eigenvalue weighted by Gasteiger charge is -2.34. The van der Waals surface area contributed by atoms with Crippen LogP contribution in [0.1, 0.15) is 52.2 Å². The maximum absolute atomic E-state index is 12.5. The topological polar surface area (TPSA) is 52.7 Å². The van der Waals surface area contributed by atoms with Crippen molar-refractivity contribution in [3.63, 3.8) is 0 Å². The second-order valence-corrected chi connectivity index (χ2v) is 8.83. The molecule has 1 N–H and O–H groups in total. The Morgan fingerprint density at radius 1 is 1.04 bits per heavy atom. The molecule has 0 radical (unpaired) electrons. The maximum Gasteiger partial charge on any atom is 0.234 e. The van der Waals surface area contributed by atoms with Gasteiger partial charge in [-0.05, 0) is 36.8 Å². The molecule has 1 saturated heterocycles. The van der Waals surface area contributed by atoms with Crippen LogP contribution in [0.15, 0.2) is 24.3 Å². The third-order valence-electron chi connectivity index (χ3n) is 4.99. The number of nitrogens with zero attached hydrogens (tertiary/aromatic N) is 2. The fourth-order valence-electron chi connectivity index (χ4n) is 3.31. The lowest BCUT2D eigenvalue weighted by molar-refractivity contribution is -0.133. The summed E-state index contributed by atoms with van der Waals surface area (Å²) in [4.78, 5) is 28.4. The molecule has 27 heavy (non-hydrogen) atoms. The SMILES string of the molecule is CC(C)NC(=O)CN1CCN(C(=O)CCc2ccc(C(C)(C)C)cc2)CC1. The van der Waals surface area contributed by atoms with Gasteiger partial charge in [0.1, 0.15) is 0 Å². The fourth-order valence-corrected chi connectivity index (χ4v) is 3.31. The summed E-state index contributed by atoms with van der Waals surface area (Å²) in [6.45, 7) is 13.9. The quantitative estimate of drug-likeness (QED) is 0.834. The summed E-state index contributed by atoms with van der Waals surface area (Å²) in [6, 6.07) is 8.78. The van der Waals surface area contributed by atoms with Crippen molar-refractivity contribution in [2.45, 2.75) is 58.9 Å². The summed E-state index contributed by atoms with van der Waals surface area (Å²) in [5.41, 5.74) is 2.68. The van der Waals surface area contributed by atoms with E-state index in [0.29, 0.717) is 26.1 Å². The first-order chi connectivity index (χ1) is 12.6. The van der Waals surface area contributed by atoms with Crippen molar-refractivity contribution in [3.05, 3.63) is 35.4 Å². The van der Waals surface area contributed by atoms with Crippen molar-refractivity contribution in [2.75, 3.05) is 32.7 Å². The number of hydrogen-bond acceptors (Lipinski definition) is 3. The summed E-state index contributed by atoms with van der Waals surface area (Å²) in [5.74, 6) is 0.268. The second kappa shape index (κ2) is 9.36. The summed E-state index contributed by atoms with van der Waals surface area (Å²) in [6.07, 6.45) is 1.32. The van der Waals surface area contributed by atoms with E-state index in [1.807, 2.05) is 18.7 Å². The summed E-state index contributed by atoms with van der Waals surface area (Å²) in [5, 5.41) is 2.91. The third kappa shape index (κ3) is 6.98. The van der Waals surface area contributed by atoms with Crippen molar-refractivity contribution in [2.24, 2.45) is 0 Å². The molecule has 0 aliphatic carbocycles. The largest absolute Gasteiger partial charge is 0.353 e. The van der Waals surface area contributed by atoms with Crippen LogP contribution in [0.5, 0.6) is 0 Å². The average Bonchev–Trinajstić information content (AvgIpc) is 2.59. The molecule has 1 heterocycles. The highest BCUT2D eigenvalue weighted by Gasteiger charge is 2.22. The van der Waals surface area contributed by atoms with Gasteiger partial charge in [-0.3, -0.25) is 14.5 Å². The predicted octanol–water partition coefficient (Wildman–Crippen LogP) is 2.59. The first kappa shape index (κ1) is 21.4. The summed E-state index contributed by atoms with van der Waals surface area (Å²) >= 11 is 0. The highest BCUT2D eigenvalue weighted by molar-refractivity contribution is 5.78. The van der Waals surface area contributed by atoms with Crippen LogP contribution in [0.25, 0.3) is 0 Å². The van der Waals surface area contributed by atoms with Gasteiger partial charge >= 0.3 is 0 Å². The van der Waals surface area contributed by atoms with Crippen LogP contribution in [-0.2, 0) is 21.4 Å². The Morgan fingerprint density at radius 3 is 2.15 bits per heavy atom. The Balaban J connectivity index is 1.74. The first-order valence-electron chi connectivity index (χ1n) is 10.0. The molecule has 5 nitrogen and oxygen atoms in total. The molecule has 0 spiro atoms. The van der Waals surface area contributed by atoms with Gasteiger partial charge in [-0.25, -0.2) is 0 Å². The number of nitrogens with one attached hydrogen (secondary N) is 1. The third-order valence-corrected chi connectivity index (χ3v) is 4.99. The molecule has 0 unspecified atom stereocenters. The van der Waals surface area contributed by atoms with Crippen LogP contribution in [-0.4, -0.2) is 60.4 Å². The van der Waals surface area contributed by atoms with Gasteiger partial charge in [-0.1, -0.05) is 45.0 Å². The van der Waals surface area contributed by atoms with Crippen LogP contribution in [0.4, 0.5) is 0 Å². The Hall–Kier alpha value is -1.88. The van der Waals surface area contributed by atoms with Crippen molar-refractivity contribution >= 4 is 11.8 Å². The molecule has 1 fully saturated rings. The van der Waals surface area contributed by atoms with Gasteiger partial charge in [0.25, 0.3) is 0 Å². The molecule has 1 aromatic rings. The normalized spacial score (nSPS) is 15.9. The van der Waals surface area contributed by atoms with E-state index in [1.54, 1.807) is 0 Å². The molecular weight excluding hydrogens is 338 g/mol. The van der Waals surface area contributed by atoms with Gasteiger partial charge in [0.05, 0.1) is 6.54 Å². The summed E-state index contributed by atoms with van der Waals surface area (Å²) in [7, 11) is 0. The van der Waals surface area contributed by atoms with Gasteiger partial charge < -0.3 is 10.2 Å². The number of rotatable bonds is 6. The van der Waals surface area contributed by atoms with Gasteiger partial charge in [-0.15, -0.1) is 0 Å². The fraction of sp³-hybridized carbons (Fsp3) is 0.636. The van der Waals surface area contributed by atoms with E-state index in [1.165, 1.54) is 11.1 Å². The van der Waals surface area contributed by atoms with Gasteiger partial charge in [-0.2, -0.15) is 0 Å². The lowest BCUT2D eigenvalue weighted by atomic mass is 9.86. The van der Waals surface area contributed by atoms with Gasteiger partial charge in [0.2, 0.25) is 11.8 Å². The number of carbonyl (C=O) groups is 2. The van der Waals surface area contributed by atoms with Crippen LogP contribution >= 0.6 is 0 Å². The number of amides is 2. The van der Waals surface area contributed by atoms with Crippen molar-refractivity contribution in [1.29, 1.82) is 0 Å². The van der Waals surface area contributed by atoms with E-state index in [-0.39, 0.29) is 23.3 Å². The minimum absolute atomic E-state index is 0.0588. The zero-order valence-electron chi connectivity index (χ0n) is 17.5. The zero-order valence-corrected chi connectivity index (χ0v) is 17.5. The van der Waals surface area contributed by atoms with Crippen molar-refractivity contribution in [3.8, 4) is 0 Å². The van der Waals surface area contributed by atoms with E-state index in [0.717, 1.165) is 19.5 Å². The van der Waals surface area contributed by atoms with Crippen LogP contribution in [0.2, 0.25) is 0 Å². The van der Waals surface area contributed by atoms with E-state index in [4.69, 9.17) is 0 Å². The number of piperazine rings is 1. The Labute approximate surface area is 164 Å². The molecule has 1 aromatic carbocycles. The minimum Gasteiger partial charge on any atom is -0.353 e. The number of carbonyl (C=O) groups excluding carboxylic acids is 2. The Bertz CT molecular complexity index is 624. The standard InChI is InChI=1S/C22H35N3O2/c1-17(2)23-20(26)16-24-12-14-25(15-13-24)21(27)11-8-18-6-9-19(10-7-18)22(3,4)5/h6-7,9-10,17H,8,11-16H2,1-5H3,(H,23,26). The van der Waals surface area contributed by atoms with Crippen molar-refractivity contribution < 1.29 is 9.59 Å². The molecule has 0 saturated carbocycles. The zero-order chi connectivity index (χ0) is 20.0. The van der Waals surface area contributed by atoms with E-state index < -0.39 is 0 Å². The van der Waals surface area contributed by atoms with Crippen LogP contribution in [0, 0.1) is 0 Å². The van der Waals surface area contributed by atoms with Crippen LogP contribution < -0.4 is 5.32 Å². The van der Waals surface area contributed by atoms with Gasteiger partial charge in [0.15, 0.2) is 0 Å². The molecular formula is C22H35N3O2. The molecule has 1 aliphatic heterocycles. The number of hydrogen-bond donors (Lipinski definition) is 1. The van der Waals surface area contributed by atoms with E-state index >= 15 is 0 Å². The predicted molar refractivity (Wildman–Crippen MR) is 110 cm³/mol. The maximum atomic E-state index is 12.5. The highest BCUT2D eigenvalue weighted by Crippen LogP contribution is 2.22. The number of benzene rings is 1. The molecule has 2 rings (SSSR count). The Kier molecular flexibility index (Phi) is 7.42. The van der Waals surface area contributed by atoms with Gasteiger partial charge in [0, 0.05) is 38.6 Å².